The van der Waals surface area contributed by atoms with Crippen LogP contribution in [0.25, 0.3) is 10.1 Å². The minimum atomic E-state index is -0.771. The summed E-state index contributed by atoms with van der Waals surface area (Å²) in [5.41, 5.74) is -0.771. The van der Waals surface area contributed by atoms with Crippen LogP contribution in [0, 0.1) is 17.3 Å². The van der Waals surface area contributed by atoms with Crippen LogP contribution in [-0.2, 0) is 11.2 Å². The van der Waals surface area contributed by atoms with Crippen LogP contribution >= 0.6 is 22.9 Å². The standard InChI is InChI=1S/C27H35ClO3S/c1-4-5-6-7-8-11-19-20(26(31)27(2,3)25(19)30)16-14-18(29)15-17-23-24(28)21-12-9-10-13-22(21)32-23/h7-10,12-14,16,18-20,26,29,31H,4-6,11,15,17H2,1-3H3/b8-7-,16-14+/t18-,19+,20+,26-/m0/s1. The fourth-order valence-corrected chi connectivity index (χ4v) is 6.09. The van der Waals surface area contributed by atoms with Crippen molar-refractivity contribution in [2.24, 2.45) is 17.3 Å². The molecule has 0 aliphatic heterocycles. The lowest BCUT2D eigenvalue weighted by Gasteiger charge is -2.22. The number of hydrogen-bond donors (Lipinski definition) is 2. The van der Waals surface area contributed by atoms with Gasteiger partial charge in [0.05, 0.1) is 22.6 Å². The first-order valence-corrected chi connectivity index (χ1v) is 12.9. The highest BCUT2D eigenvalue weighted by Gasteiger charge is 2.52. The van der Waals surface area contributed by atoms with Gasteiger partial charge in [-0.2, -0.15) is 0 Å². The summed E-state index contributed by atoms with van der Waals surface area (Å²) in [5.74, 6) is -0.430. The first-order chi connectivity index (χ1) is 15.3. The fourth-order valence-electron chi connectivity index (χ4n) is 4.54. The Kier molecular flexibility index (Phi) is 8.74. The van der Waals surface area contributed by atoms with Gasteiger partial charge in [-0.1, -0.05) is 87.7 Å². The van der Waals surface area contributed by atoms with Crippen molar-refractivity contribution < 1.29 is 15.0 Å². The highest BCUT2D eigenvalue weighted by atomic mass is 35.5. The predicted octanol–water partition coefficient (Wildman–Crippen LogP) is 6.74. The topological polar surface area (TPSA) is 57.5 Å². The molecule has 3 rings (SSSR count). The molecular formula is C27H35ClO3S. The molecular weight excluding hydrogens is 440 g/mol. The average Bonchev–Trinajstić information content (AvgIpc) is 3.18. The summed E-state index contributed by atoms with van der Waals surface area (Å²) >= 11 is 8.19. The van der Waals surface area contributed by atoms with Crippen molar-refractivity contribution in [3.8, 4) is 0 Å². The zero-order valence-corrected chi connectivity index (χ0v) is 20.8. The third-order valence-corrected chi connectivity index (χ3v) is 8.42. The van der Waals surface area contributed by atoms with Crippen molar-refractivity contribution in [3.05, 3.63) is 58.5 Å². The van der Waals surface area contributed by atoms with Crippen molar-refractivity contribution >= 4 is 38.8 Å². The van der Waals surface area contributed by atoms with E-state index in [1.807, 2.05) is 38.1 Å². The SMILES string of the molecule is CCCC/C=C\C[C@H]1C(=O)C(C)(C)[C@@H](O)[C@@H]1/C=C/[C@H](O)CCc1sc2ccccc2c1Cl. The van der Waals surface area contributed by atoms with Gasteiger partial charge in [0.2, 0.25) is 0 Å². The van der Waals surface area contributed by atoms with Crippen LogP contribution in [0.4, 0.5) is 0 Å². The average molecular weight is 475 g/mol. The van der Waals surface area contributed by atoms with E-state index in [1.165, 1.54) is 0 Å². The van der Waals surface area contributed by atoms with E-state index in [-0.39, 0.29) is 17.6 Å². The molecule has 174 valence electrons. The molecule has 0 unspecified atom stereocenters. The number of aryl methyl sites for hydroxylation is 1. The number of thiophene rings is 1. The van der Waals surface area contributed by atoms with Crippen molar-refractivity contribution in [3.63, 3.8) is 0 Å². The summed E-state index contributed by atoms with van der Waals surface area (Å²) in [6.45, 7) is 5.80. The summed E-state index contributed by atoms with van der Waals surface area (Å²) in [7, 11) is 0. The number of aliphatic hydroxyl groups is 2. The molecule has 0 radical (unpaired) electrons. The van der Waals surface area contributed by atoms with Crippen molar-refractivity contribution in [2.75, 3.05) is 0 Å². The van der Waals surface area contributed by atoms with Gasteiger partial charge in [-0.25, -0.2) is 0 Å². The van der Waals surface area contributed by atoms with Gasteiger partial charge in [-0.15, -0.1) is 11.3 Å². The van der Waals surface area contributed by atoms with E-state index < -0.39 is 17.6 Å². The van der Waals surface area contributed by atoms with E-state index in [2.05, 4.69) is 25.1 Å². The number of fused-ring (bicyclic) bond motifs is 1. The predicted molar refractivity (Wildman–Crippen MR) is 135 cm³/mol. The summed E-state index contributed by atoms with van der Waals surface area (Å²) < 4.78 is 1.15. The van der Waals surface area contributed by atoms with Gasteiger partial charge < -0.3 is 10.2 Å². The zero-order valence-electron chi connectivity index (χ0n) is 19.3. The van der Waals surface area contributed by atoms with Crippen LogP contribution in [-0.4, -0.2) is 28.2 Å². The molecule has 0 amide bonds. The molecule has 1 aliphatic rings. The van der Waals surface area contributed by atoms with Crippen LogP contribution in [0.2, 0.25) is 5.02 Å². The second-order valence-corrected chi connectivity index (χ2v) is 10.9. The number of carbonyl (C=O) groups excluding carboxylic acids is 1. The molecule has 32 heavy (non-hydrogen) atoms. The lowest BCUT2D eigenvalue weighted by molar-refractivity contribution is -0.129. The van der Waals surface area contributed by atoms with Gasteiger partial charge in [0.1, 0.15) is 5.78 Å². The molecule has 1 saturated carbocycles. The number of halogens is 1. The Bertz CT molecular complexity index is 974. The maximum atomic E-state index is 12.9. The Balaban J connectivity index is 1.64. The van der Waals surface area contributed by atoms with Gasteiger partial charge in [0.25, 0.3) is 0 Å². The van der Waals surface area contributed by atoms with Gasteiger partial charge in [0.15, 0.2) is 0 Å². The Morgan fingerprint density at radius 1 is 1.25 bits per heavy atom. The molecule has 3 nitrogen and oxygen atoms in total. The highest BCUT2D eigenvalue weighted by Crippen LogP contribution is 2.45. The monoisotopic (exact) mass is 474 g/mol. The minimum Gasteiger partial charge on any atom is -0.391 e. The number of ketones is 1. The Morgan fingerprint density at radius 2 is 2.00 bits per heavy atom. The summed E-state index contributed by atoms with van der Waals surface area (Å²) in [6, 6.07) is 8.06. The molecule has 0 saturated heterocycles. The summed E-state index contributed by atoms with van der Waals surface area (Å²) in [4.78, 5) is 14.0. The molecule has 2 N–H and O–H groups in total. The molecule has 0 bridgehead atoms. The van der Waals surface area contributed by atoms with Crippen LogP contribution in [0.1, 0.15) is 57.8 Å². The number of benzene rings is 1. The van der Waals surface area contributed by atoms with Crippen molar-refractivity contribution in [2.45, 2.75) is 71.5 Å². The highest BCUT2D eigenvalue weighted by molar-refractivity contribution is 7.19. The zero-order chi connectivity index (χ0) is 23.3. The quantitative estimate of drug-likeness (QED) is 0.296. The third kappa shape index (κ3) is 5.53. The molecule has 5 heteroatoms. The lowest BCUT2D eigenvalue weighted by Crippen LogP contribution is -2.31. The van der Waals surface area contributed by atoms with Crippen molar-refractivity contribution in [1.82, 2.24) is 0 Å². The molecule has 1 aromatic heterocycles. The Morgan fingerprint density at radius 3 is 2.72 bits per heavy atom. The van der Waals surface area contributed by atoms with Crippen LogP contribution < -0.4 is 0 Å². The maximum Gasteiger partial charge on any atom is 0.145 e. The van der Waals surface area contributed by atoms with Gasteiger partial charge in [-0.05, 0) is 31.7 Å². The van der Waals surface area contributed by atoms with E-state index >= 15 is 0 Å². The van der Waals surface area contributed by atoms with Gasteiger partial charge in [0, 0.05) is 26.8 Å². The molecule has 1 aliphatic carbocycles. The van der Waals surface area contributed by atoms with Crippen LogP contribution in [0.15, 0.2) is 48.6 Å². The van der Waals surface area contributed by atoms with Gasteiger partial charge >= 0.3 is 0 Å². The first-order valence-electron chi connectivity index (χ1n) is 11.7. The van der Waals surface area contributed by atoms with Crippen molar-refractivity contribution in [1.29, 1.82) is 0 Å². The second-order valence-electron chi connectivity index (χ2n) is 9.39. The fraction of sp³-hybridized carbons (Fsp3) is 0.519. The number of aliphatic hydroxyl groups excluding tert-OH is 2. The molecule has 0 spiro atoms. The Labute approximate surface area is 200 Å². The normalized spacial score (nSPS) is 24.3. The van der Waals surface area contributed by atoms with Gasteiger partial charge in [-0.3, -0.25) is 4.79 Å². The number of unbranched alkanes of at least 4 members (excludes halogenated alkanes) is 2. The van der Waals surface area contributed by atoms with E-state index in [4.69, 9.17) is 11.6 Å². The second kappa shape index (κ2) is 11.1. The lowest BCUT2D eigenvalue weighted by atomic mass is 9.86. The molecule has 1 fully saturated rings. The molecule has 1 aromatic carbocycles. The number of allylic oxidation sites excluding steroid dienone is 2. The van der Waals surface area contributed by atoms with E-state index in [0.717, 1.165) is 39.2 Å². The van der Waals surface area contributed by atoms with E-state index in [1.54, 1.807) is 17.4 Å². The number of carbonyl (C=O) groups is 1. The number of Topliss-reactive ketones (excluding diaryl/α,β-unsaturated/α-hetero) is 1. The smallest absolute Gasteiger partial charge is 0.145 e. The summed E-state index contributed by atoms with van der Waals surface area (Å²) in [6.07, 6.45) is 11.6. The molecule has 2 aromatic rings. The Hall–Kier alpha value is -1.46. The number of rotatable bonds is 10. The van der Waals surface area contributed by atoms with E-state index in [9.17, 15) is 15.0 Å². The maximum absolute atomic E-state index is 12.9. The number of hydrogen-bond acceptors (Lipinski definition) is 4. The largest absolute Gasteiger partial charge is 0.391 e. The summed E-state index contributed by atoms with van der Waals surface area (Å²) in [5, 5.41) is 23.2. The molecule has 4 atom stereocenters. The molecule has 1 heterocycles. The third-order valence-electron chi connectivity index (χ3n) is 6.65. The van der Waals surface area contributed by atoms with Crippen LogP contribution in [0.5, 0.6) is 0 Å². The first kappa shape index (κ1) is 25.2. The van der Waals surface area contributed by atoms with E-state index in [0.29, 0.717) is 19.3 Å². The minimum absolute atomic E-state index is 0.103. The van der Waals surface area contributed by atoms with Crippen LogP contribution in [0.3, 0.4) is 0 Å².